The number of ether oxygens (including phenoxy) is 1. The Morgan fingerprint density at radius 1 is 0.935 bits per heavy atom. The van der Waals surface area contributed by atoms with Gasteiger partial charge >= 0.3 is 0 Å². The minimum atomic E-state index is -0.415. The molecule has 2 amide bonds. The van der Waals surface area contributed by atoms with E-state index in [1.807, 2.05) is 31.2 Å². The average Bonchev–Trinajstić information content (AvgIpc) is 3.09. The fraction of sp³-hybridized carbons (Fsp3) is 0.375. The smallest absolute Gasteiger partial charge is 0.251 e. The van der Waals surface area contributed by atoms with Gasteiger partial charge in [-0.3, -0.25) is 19.3 Å². The van der Waals surface area contributed by atoms with E-state index in [1.165, 1.54) is 4.90 Å². The summed E-state index contributed by atoms with van der Waals surface area (Å²) in [5.74, 6) is 0.446. The summed E-state index contributed by atoms with van der Waals surface area (Å²) < 4.78 is 5.44. The number of carbonyl (C=O) groups is 3. The standard InChI is InChI=1S/C24H27N3O4/c1-3-31-21-10-8-20(9-11-21)27-23(29)16-22(24(27)30)26-14-12-25(13-15-26)19-6-4-18(5-7-19)17(2)28/h4-11,22H,3,12-16H2,1-2H3/t22-/m1/s1. The second kappa shape index (κ2) is 8.89. The molecule has 162 valence electrons. The second-order valence-corrected chi connectivity index (χ2v) is 7.84. The van der Waals surface area contributed by atoms with Gasteiger partial charge in [0.05, 0.1) is 24.8 Å². The summed E-state index contributed by atoms with van der Waals surface area (Å²) in [6, 6.07) is 14.3. The number of nitrogens with zero attached hydrogens (tertiary/aromatic N) is 3. The first kappa shape index (κ1) is 21.1. The predicted octanol–water partition coefficient (Wildman–Crippen LogP) is 2.74. The van der Waals surface area contributed by atoms with E-state index in [0.717, 1.165) is 18.8 Å². The zero-order valence-electron chi connectivity index (χ0n) is 17.9. The Kier molecular flexibility index (Phi) is 6.04. The molecule has 2 heterocycles. The molecule has 0 aliphatic carbocycles. The molecule has 7 heteroatoms. The van der Waals surface area contributed by atoms with E-state index in [4.69, 9.17) is 4.74 Å². The molecule has 7 nitrogen and oxygen atoms in total. The predicted molar refractivity (Wildman–Crippen MR) is 119 cm³/mol. The van der Waals surface area contributed by atoms with E-state index in [2.05, 4.69) is 9.80 Å². The van der Waals surface area contributed by atoms with Gasteiger partial charge in [0.2, 0.25) is 5.91 Å². The van der Waals surface area contributed by atoms with Gasteiger partial charge in [0.25, 0.3) is 5.91 Å². The number of hydrogen-bond donors (Lipinski definition) is 0. The van der Waals surface area contributed by atoms with Gasteiger partial charge < -0.3 is 9.64 Å². The van der Waals surface area contributed by atoms with Crippen LogP contribution >= 0.6 is 0 Å². The molecule has 0 unspecified atom stereocenters. The summed E-state index contributed by atoms with van der Waals surface area (Å²) in [7, 11) is 0. The van der Waals surface area contributed by atoms with Crippen LogP contribution < -0.4 is 14.5 Å². The van der Waals surface area contributed by atoms with Crippen LogP contribution in [0.4, 0.5) is 11.4 Å². The van der Waals surface area contributed by atoms with Gasteiger partial charge in [-0.1, -0.05) is 0 Å². The summed E-state index contributed by atoms with van der Waals surface area (Å²) >= 11 is 0. The fourth-order valence-corrected chi connectivity index (χ4v) is 4.23. The van der Waals surface area contributed by atoms with Crippen molar-refractivity contribution in [2.24, 2.45) is 0 Å². The van der Waals surface area contributed by atoms with E-state index in [0.29, 0.717) is 36.7 Å². The summed E-state index contributed by atoms with van der Waals surface area (Å²) in [5, 5.41) is 0. The number of rotatable bonds is 6. The quantitative estimate of drug-likeness (QED) is 0.528. The van der Waals surface area contributed by atoms with Crippen LogP contribution in [0.3, 0.4) is 0 Å². The third-order valence-electron chi connectivity index (χ3n) is 5.92. The van der Waals surface area contributed by atoms with Crippen LogP contribution in [0, 0.1) is 0 Å². The topological polar surface area (TPSA) is 70.2 Å². The van der Waals surface area contributed by atoms with Crippen LogP contribution in [0.5, 0.6) is 5.75 Å². The van der Waals surface area contributed by atoms with Crippen molar-refractivity contribution >= 4 is 29.0 Å². The SMILES string of the molecule is CCOc1ccc(N2C(=O)C[C@@H](N3CCN(c4ccc(C(C)=O)cc4)CC3)C2=O)cc1. The molecule has 4 rings (SSSR count). The Hall–Kier alpha value is -3.19. The molecule has 0 aromatic heterocycles. The number of piperazine rings is 1. The molecule has 0 spiro atoms. The first-order chi connectivity index (χ1) is 15.0. The molecular formula is C24H27N3O4. The van der Waals surface area contributed by atoms with E-state index in [9.17, 15) is 14.4 Å². The summed E-state index contributed by atoms with van der Waals surface area (Å²) in [4.78, 5) is 42.8. The van der Waals surface area contributed by atoms with Crippen molar-refractivity contribution in [1.29, 1.82) is 0 Å². The first-order valence-electron chi connectivity index (χ1n) is 10.7. The van der Waals surface area contributed by atoms with Crippen molar-refractivity contribution < 1.29 is 19.1 Å². The lowest BCUT2D eigenvalue weighted by Gasteiger charge is -2.38. The molecule has 2 fully saturated rings. The first-order valence-corrected chi connectivity index (χ1v) is 10.7. The highest BCUT2D eigenvalue weighted by Crippen LogP contribution is 2.28. The second-order valence-electron chi connectivity index (χ2n) is 7.84. The number of anilines is 2. The van der Waals surface area contributed by atoms with E-state index < -0.39 is 6.04 Å². The number of Topliss-reactive ketones (excluding diaryl/α,β-unsaturated/α-hetero) is 1. The lowest BCUT2D eigenvalue weighted by Crippen LogP contribution is -2.52. The summed E-state index contributed by atoms with van der Waals surface area (Å²) in [6.45, 7) is 6.97. The largest absolute Gasteiger partial charge is 0.494 e. The average molecular weight is 421 g/mol. The van der Waals surface area contributed by atoms with E-state index in [-0.39, 0.29) is 24.0 Å². The van der Waals surface area contributed by atoms with Crippen LogP contribution in [0.2, 0.25) is 0 Å². The van der Waals surface area contributed by atoms with Gasteiger partial charge in [-0.25, -0.2) is 4.90 Å². The Labute approximate surface area is 182 Å². The highest BCUT2D eigenvalue weighted by Gasteiger charge is 2.43. The maximum absolute atomic E-state index is 13.1. The molecule has 2 saturated heterocycles. The van der Waals surface area contributed by atoms with Crippen LogP contribution in [-0.4, -0.2) is 61.3 Å². The Morgan fingerprint density at radius 2 is 1.55 bits per heavy atom. The van der Waals surface area contributed by atoms with Crippen LogP contribution in [0.1, 0.15) is 30.6 Å². The highest BCUT2D eigenvalue weighted by molar-refractivity contribution is 6.22. The molecule has 2 aliphatic heterocycles. The molecule has 1 atom stereocenters. The molecule has 2 aliphatic rings. The number of carbonyl (C=O) groups excluding carboxylic acids is 3. The van der Waals surface area contributed by atoms with E-state index >= 15 is 0 Å². The molecule has 31 heavy (non-hydrogen) atoms. The van der Waals surface area contributed by atoms with Crippen LogP contribution in [0.25, 0.3) is 0 Å². The maximum Gasteiger partial charge on any atom is 0.251 e. The van der Waals surface area contributed by atoms with Gasteiger partial charge in [0.15, 0.2) is 5.78 Å². The van der Waals surface area contributed by atoms with E-state index in [1.54, 1.807) is 31.2 Å². The van der Waals surface area contributed by atoms with Crippen molar-refractivity contribution in [2.45, 2.75) is 26.3 Å². The molecule has 2 aromatic carbocycles. The monoisotopic (exact) mass is 421 g/mol. The Bertz CT molecular complexity index is 963. The molecule has 0 bridgehead atoms. The van der Waals surface area contributed by atoms with Crippen molar-refractivity contribution in [3.05, 3.63) is 54.1 Å². The summed E-state index contributed by atoms with van der Waals surface area (Å²) in [5.41, 5.74) is 2.35. The van der Waals surface area contributed by atoms with Gasteiger partial charge in [-0.15, -0.1) is 0 Å². The minimum Gasteiger partial charge on any atom is -0.494 e. The number of amides is 2. The van der Waals surface area contributed by atoms with Crippen LogP contribution in [-0.2, 0) is 9.59 Å². The molecular weight excluding hydrogens is 394 g/mol. The Morgan fingerprint density at radius 3 is 2.13 bits per heavy atom. The highest BCUT2D eigenvalue weighted by atomic mass is 16.5. The van der Waals surface area contributed by atoms with Crippen LogP contribution in [0.15, 0.2) is 48.5 Å². The third-order valence-corrected chi connectivity index (χ3v) is 5.92. The van der Waals surface area contributed by atoms with Gasteiger partial charge in [0.1, 0.15) is 5.75 Å². The zero-order chi connectivity index (χ0) is 22.0. The lowest BCUT2D eigenvalue weighted by molar-refractivity contribution is -0.123. The number of imide groups is 1. The number of hydrogen-bond acceptors (Lipinski definition) is 6. The maximum atomic E-state index is 13.1. The van der Waals surface area contributed by atoms with Gasteiger partial charge in [-0.05, 0) is 62.4 Å². The zero-order valence-corrected chi connectivity index (χ0v) is 17.9. The normalized spacial score (nSPS) is 19.7. The fourth-order valence-electron chi connectivity index (χ4n) is 4.23. The molecule has 2 aromatic rings. The minimum absolute atomic E-state index is 0.0536. The number of ketones is 1. The molecule has 0 radical (unpaired) electrons. The molecule has 0 N–H and O–H groups in total. The van der Waals surface area contributed by atoms with Gasteiger partial charge in [0, 0.05) is 37.4 Å². The van der Waals surface area contributed by atoms with Gasteiger partial charge in [-0.2, -0.15) is 0 Å². The number of benzene rings is 2. The van der Waals surface area contributed by atoms with Crippen molar-refractivity contribution in [2.75, 3.05) is 42.6 Å². The Balaban J connectivity index is 1.39. The lowest BCUT2D eigenvalue weighted by atomic mass is 10.1. The van der Waals surface area contributed by atoms with Crippen molar-refractivity contribution in [1.82, 2.24) is 4.90 Å². The molecule has 0 saturated carbocycles. The third kappa shape index (κ3) is 4.32. The van der Waals surface area contributed by atoms with Crippen molar-refractivity contribution in [3.63, 3.8) is 0 Å². The van der Waals surface area contributed by atoms with Crippen molar-refractivity contribution in [3.8, 4) is 5.75 Å². The summed E-state index contributed by atoms with van der Waals surface area (Å²) in [6.07, 6.45) is 0.208.